The van der Waals surface area contributed by atoms with Crippen LogP contribution < -0.4 is 5.32 Å². The third-order valence-corrected chi connectivity index (χ3v) is 3.29. The Morgan fingerprint density at radius 2 is 1.85 bits per heavy atom. The van der Waals surface area contributed by atoms with Crippen molar-refractivity contribution >= 4 is 6.09 Å². The van der Waals surface area contributed by atoms with Gasteiger partial charge in [-0.15, -0.1) is 0 Å². The first-order valence-electron chi connectivity index (χ1n) is 7.13. The minimum absolute atomic E-state index is 0.0305. The number of nitrogens with zero attached hydrogens (tertiary/aromatic N) is 1. The molecule has 0 aromatic heterocycles. The molecule has 1 aliphatic heterocycles. The monoisotopic (exact) mass is 292 g/mol. The van der Waals surface area contributed by atoms with E-state index in [2.05, 4.69) is 5.32 Å². The van der Waals surface area contributed by atoms with E-state index in [1.54, 1.807) is 4.90 Å². The Bertz CT molecular complexity index is 322. The fourth-order valence-electron chi connectivity index (χ4n) is 2.40. The summed E-state index contributed by atoms with van der Waals surface area (Å²) in [5, 5.41) is 2.52. The standard InChI is InChI=1S/C14H26F2N2O2/c1-13(2,3)20-12(19)18-7-5-11(6-8-18)9-14(15,16)10-17-4/h11,17H,5-10H2,1-4H3. The van der Waals surface area contributed by atoms with E-state index in [1.807, 2.05) is 20.8 Å². The lowest BCUT2D eigenvalue weighted by molar-refractivity contribution is -0.0300. The third kappa shape index (κ3) is 6.03. The molecule has 1 fully saturated rings. The van der Waals surface area contributed by atoms with Gasteiger partial charge in [0.25, 0.3) is 5.92 Å². The summed E-state index contributed by atoms with van der Waals surface area (Å²) in [5.41, 5.74) is -0.520. The van der Waals surface area contributed by atoms with Crippen molar-refractivity contribution in [3.63, 3.8) is 0 Å². The predicted molar refractivity (Wildman–Crippen MR) is 74.0 cm³/mol. The molecule has 0 saturated carbocycles. The van der Waals surface area contributed by atoms with Crippen molar-refractivity contribution in [3.05, 3.63) is 0 Å². The Balaban J connectivity index is 2.38. The van der Waals surface area contributed by atoms with E-state index in [0.29, 0.717) is 25.9 Å². The van der Waals surface area contributed by atoms with Crippen LogP contribution in [-0.4, -0.2) is 49.2 Å². The van der Waals surface area contributed by atoms with Gasteiger partial charge in [0.05, 0.1) is 6.54 Å². The summed E-state index contributed by atoms with van der Waals surface area (Å²) in [6.45, 7) is 6.14. The van der Waals surface area contributed by atoms with E-state index in [1.165, 1.54) is 7.05 Å². The van der Waals surface area contributed by atoms with E-state index in [4.69, 9.17) is 4.74 Å². The molecule has 1 N–H and O–H groups in total. The number of ether oxygens (including phenoxy) is 1. The average Bonchev–Trinajstić information content (AvgIpc) is 2.26. The van der Waals surface area contributed by atoms with Crippen LogP contribution in [0, 0.1) is 5.92 Å². The highest BCUT2D eigenvalue weighted by Crippen LogP contribution is 2.30. The van der Waals surface area contributed by atoms with Crippen molar-refractivity contribution in [2.24, 2.45) is 5.92 Å². The second-order valence-corrected chi connectivity index (χ2v) is 6.50. The molecule has 6 heteroatoms. The maximum Gasteiger partial charge on any atom is 0.410 e. The van der Waals surface area contributed by atoms with Crippen molar-refractivity contribution in [1.82, 2.24) is 10.2 Å². The van der Waals surface area contributed by atoms with E-state index in [-0.39, 0.29) is 25.0 Å². The highest BCUT2D eigenvalue weighted by atomic mass is 19.3. The van der Waals surface area contributed by atoms with Crippen LogP contribution in [0.5, 0.6) is 0 Å². The first kappa shape index (κ1) is 17.1. The van der Waals surface area contributed by atoms with Gasteiger partial charge in [0.2, 0.25) is 0 Å². The number of nitrogens with one attached hydrogen (secondary N) is 1. The number of carbonyl (C=O) groups is 1. The van der Waals surface area contributed by atoms with Crippen LogP contribution in [0.2, 0.25) is 0 Å². The highest BCUT2D eigenvalue weighted by molar-refractivity contribution is 5.68. The van der Waals surface area contributed by atoms with E-state index in [9.17, 15) is 13.6 Å². The van der Waals surface area contributed by atoms with Gasteiger partial charge < -0.3 is 15.0 Å². The molecule has 1 heterocycles. The molecule has 0 spiro atoms. The molecule has 0 aromatic rings. The van der Waals surface area contributed by atoms with Crippen LogP contribution >= 0.6 is 0 Å². The third-order valence-electron chi connectivity index (χ3n) is 3.29. The Morgan fingerprint density at radius 3 is 2.30 bits per heavy atom. The van der Waals surface area contributed by atoms with Gasteiger partial charge in [-0.25, -0.2) is 13.6 Å². The first-order chi connectivity index (χ1) is 9.13. The van der Waals surface area contributed by atoms with Crippen molar-refractivity contribution in [2.45, 2.75) is 51.6 Å². The molecule has 0 bridgehead atoms. The second kappa shape index (κ2) is 6.70. The SMILES string of the molecule is CNCC(F)(F)CC1CCN(C(=O)OC(C)(C)C)CC1. The molecule has 1 aliphatic rings. The van der Waals surface area contributed by atoms with Gasteiger partial charge in [-0.1, -0.05) is 0 Å². The lowest BCUT2D eigenvalue weighted by atomic mass is 9.91. The number of rotatable bonds is 4. The molecule has 4 nitrogen and oxygen atoms in total. The normalized spacial score (nSPS) is 18.2. The van der Waals surface area contributed by atoms with Crippen LogP contribution in [-0.2, 0) is 4.74 Å². The molecular weight excluding hydrogens is 266 g/mol. The molecule has 0 aromatic carbocycles. The maximum atomic E-state index is 13.5. The van der Waals surface area contributed by atoms with E-state index in [0.717, 1.165) is 0 Å². The van der Waals surface area contributed by atoms with E-state index >= 15 is 0 Å². The summed E-state index contributed by atoms with van der Waals surface area (Å²) < 4.78 is 32.3. The Hall–Kier alpha value is -0.910. The lowest BCUT2D eigenvalue weighted by Crippen LogP contribution is -2.43. The number of likely N-dealkylation sites (tertiary alicyclic amines) is 1. The number of alkyl halides is 2. The minimum atomic E-state index is -2.67. The quantitative estimate of drug-likeness (QED) is 0.866. The fraction of sp³-hybridized carbons (Fsp3) is 0.929. The number of halogens is 2. The average molecular weight is 292 g/mol. The van der Waals surface area contributed by atoms with Crippen molar-refractivity contribution in [1.29, 1.82) is 0 Å². The summed E-state index contributed by atoms with van der Waals surface area (Å²) >= 11 is 0. The van der Waals surface area contributed by atoms with Gasteiger partial charge >= 0.3 is 6.09 Å². The van der Waals surface area contributed by atoms with Gasteiger partial charge in [0.15, 0.2) is 0 Å². The van der Waals surface area contributed by atoms with Gasteiger partial charge in [0, 0.05) is 19.5 Å². The second-order valence-electron chi connectivity index (χ2n) is 6.50. The number of hydrogen-bond donors (Lipinski definition) is 1. The van der Waals surface area contributed by atoms with E-state index < -0.39 is 11.5 Å². The van der Waals surface area contributed by atoms with Gasteiger partial charge in [-0.3, -0.25) is 0 Å². The zero-order valence-corrected chi connectivity index (χ0v) is 12.8. The lowest BCUT2D eigenvalue weighted by Gasteiger charge is -2.34. The largest absolute Gasteiger partial charge is 0.444 e. The van der Waals surface area contributed by atoms with Crippen molar-refractivity contribution in [2.75, 3.05) is 26.7 Å². The number of amides is 1. The molecule has 1 amide bonds. The molecule has 0 atom stereocenters. The topological polar surface area (TPSA) is 41.6 Å². The first-order valence-corrected chi connectivity index (χ1v) is 7.13. The highest BCUT2D eigenvalue weighted by Gasteiger charge is 2.34. The summed E-state index contributed by atoms with van der Waals surface area (Å²) in [5.74, 6) is -2.70. The summed E-state index contributed by atoms with van der Waals surface area (Å²) in [4.78, 5) is 13.5. The molecule has 0 aliphatic carbocycles. The number of piperidine rings is 1. The van der Waals surface area contributed by atoms with Crippen LogP contribution in [0.15, 0.2) is 0 Å². The molecule has 1 rings (SSSR count). The zero-order valence-electron chi connectivity index (χ0n) is 12.8. The zero-order chi connectivity index (χ0) is 15.4. The van der Waals surface area contributed by atoms with Crippen LogP contribution in [0.1, 0.15) is 40.0 Å². The molecule has 0 unspecified atom stereocenters. The Morgan fingerprint density at radius 1 is 1.30 bits per heavy atom. The Kier molecular flexibility index (Phi) is 5.74. The molecule has 1 saturated heterocycles. The van der Waals surface area contributed by atoms with Gasteiger partial charge in [0.1, 0.15) is 5.60 Å². The summed E-state index contributed by atoms with van der Waals surface area (Å²) in [6, 6.07) is 0. The number of hydrogen-bond acceptors (Lipinski definition) is 3. The summed E-state index contributed by atoms with van der Waals surface area (Å²) in [7, 11) is 1.53. The van der Waals surface area contributed by atoms with Crippen LogP contribution in [0.25, 0.3) is 0 Å². The maximum absolute atomic E-state index is 13.5. The molecular formula is C14H26F2N2O2. The van der Waals surface area contributed by atoms with Gasteiger partial charge in [-0.2, -0.15) is 0 Å². The smallest absolute Gasteiger partial charge is 0.410 e. The van der Waals surface area contributed by atoms with Crippen LogP contribution in [0.4, 0.5) is 13.6 Å². The molecule has 0 radical (unpaired) electrons. The van der Waals surface area contributed by atoms with Crippen molar-refractivity contribution in [3.8, 4) is 0 Å². The van der Waals surface area contributed by atoms with Crippen LogP contribution in [0.3, 0.4) is 0 Å². The van der Waals surface area contributed by atoms with Gasteiger partial charge in [-0.05, 0) is 46.6 Å². The number of carbonyl (C=O) groups excluding carboxylic acids is 1. The Labute approximate surface area is 119 Å². The molecule has 20 heavy (non-hydrogen) atoms. The minimum Gasteiger partial charge on any atom is -0.444 e. The fourth-order valence-corrected chi connectivity index (χ4v) is 2.40. The molecule has 118 valence electrons. The van der Waals surface area contributed by atoms with Crippen molar-refractivity contribution < 1.29 is 18.3 Å². The summed E-state index contributed by atoms with van der Waals surface area (Å²) in [6.07, 6.45) is 0.755. The predicted octanol–water partition coefficient (Wildman–Crippen LogP) is 2.88.